The molecule has 1 aliphatic rings. The van der Waals surface area contributed by atoms with Gasteiger partial charge in [0.05, 0.1) is 0 Å². The highest BCUT2D eigenvalue weighted by Crippen LogP contribution is 2.37. The summed E-state index contributed by atoms with van der Waals surface area (Å²) in [5.74, 6) is -0.184. The SMILES string of the molecule is Cc1nnc(C2=C(O)c3ccccc3C2=O)s1. The molecule has 0 atom stereocenters. The van der Waals surface area contributed by atoms with Gasteiger partial charge >= 0.3 is 0 Å². The maximum Gasteiger partial charge on any atom is 0.200 e. The second-order valence-corrected chi connectivity index (χ2v) is 4.91. The first-order valence-corrected chi connectivity index (χ1v) is 5.88. The van der Waals surface area contributed by atoms with Gasteiger partial charge in [0.1, 0.15) is 16.3 Å². The maximum atomic E-state index is 12.1. The van der Waals surface area contributed by atoms with Gasteiger partial charge in [-0.15, -0.1) is 10.2 Å². The Morgan fingerprint density at radius 1 is 1.18 bits per heavy atom. The van der Waals surface area contributed by atoms with Crippen molar-refractivity contribution < 1.29 is 9.90 Å². The van der Waals surface area contributed by atoms with Crippen molar-refractivity contribution in [1.82, 2.24) is 10.2 Å². The topological polar surface area (TPSA) is 63.1 Å². The Labute approximate surface area is 101 Å². The molecule has 84 valence electrons. The minimum atomic E-state index is -0.186. The zero-order valence-corrected chi connectivity index (χ0v) is 9.78. The Bertz CT molecular complexity index is 658. The van der Waals surface area contributed by atoms with Gasteiger partial charge in [0.15, 0.2) is 5.01 Å². The third-order valence-corrected chi connectivity index (χ3v) is 3.49. The number of hydrogen-bond acceptors (Lipinski definition) is 5. The van der Waals surface area contributed by atoms with Crippen LogP contribution in [-0.2, 0) is 0 Å². The number of allylic oxidation sites excluding steroid dienone is 1. The predicted molar refractivity (Wildman–Crippen MR) is 64.9 cm³/mol. The molecule has 4 nitrogen and oxygen atoms in total. The van der Waals surface area contributed by atoms with Crippen LogP contribution in [0.5, 0.6) is 0 Å². The van der Waals surface area contributed by atoms with E-state index >= 15 is 0 Å². The Morgan fingerprint density at radius 2 is 1.88 bits per heavy atom. The number of carbonyl (C=O) groups excluding carboxylic acids is 1. The van der Waals surface area contributed by atoms with E-state index in [9.17, 15) is 9.90 Å². The number of aliphatic hydroxyl groups is 1. The molecule has 2 aromatic rings. The monoisotopic (exact) mass is 244 g/mol. The van der Waals surface area contributed by atoms with E-state index in [1.807, 2.05) is 6.92 Å². The molecule has 0 aliphatic heterocycles. The van der Waals surface area contributed by atoms with Crippen molar-refractivity contribution in [1.29, 1.82) is 0 Å². The highest BCUT2D eigenvalue weighted by Gasteiger charge is 2.32. The Kier molecular flexibility index (Phi) is 2.09. The minimum Gasteiger partial charge on any atom is -0.506 e. The first-order chi connectivity index (χ1) is 8.18. The fourth-order valence-electron chi connectivity index (χ4n) is 1.86. The summed E-state index contributed by atoms with van der Waals surface area (Å²) in [5.41, 5.74) is 1.35. The highest BCUT2D eigenvalue weighted by atomic mass is 32.1. The molecule has 1 heterocycles. The lowest BCUT2D eigenvalue weighted by Gasteiger charge is -1.95. The molecule has 0 spiro atoms. The summed E-state index contributed by atoms with van der Waals surface area (Å²) in [6, 6.07) is 6.99. The number of hydrogen-bond donors (Lipinski definition) is 1. The first kappa shape index (κ1) is 10.2. The zero-order chi connectivity index (χ0) is 12.0. The van der Waals surface area contributed by atoms with Crippen LogP contribution in [0.25, 0.3) is 11.3 Å². The molecule has 3 rings (SSSR count). The van der Waals surface area contributed by atoms with Crippen molar-refractivity contribution in [2.24, 2.45) is 0 Å². The number of rotatable bonds is 1. The minimum absolute atomic E-state index is 0.00162. The van der Waals surface area contributed by atoms with E-state index in [2.05, 4.69) is 10.2 Å². The molecule has 0 bridgehead atoms. The van der Waals surface area contributed by atoms with Crippen molar-refractivity contribution in [3.63, 3.8) is 0 Å². The highest BCUT2D eigenvalue weighted by molar-refractivity contribution is 7.12. The maximum absolute atomic E-state index is 12.1. The number of ketones is 1. The molecule has 1 aromatic heterocycles. The Hall–Kier alpha value is -2.01. The van der Waals surface area contributed by atoms with E-state index in [4.69, 9.17) is 0 Å². The van der Waals surface area contributed by atoms with Crippen LogP contribution in [0.15, 0.2) is 24.3 Å². The fraction of sp³-hybridized carbons (Fsp3) is 0.0833. The number of carbonyl (C=O) groups is 1. The van der Waals surface area contributed by atoms with Gasteiger partial charge in [0.25, 0.3) is 0 Å². The van der Waals surface area contributed by atoms with Crippen LogP contribution in [0.3, 0.4) is 0 Å². The molecule has 0 saturated heterocycles. The van der Waals surface area contributed by atoms with Crippen molar-refractivity contribution in [2.45, 2.75) is 6.92 Å². The summed E-state index contributed by atoms with van der Waals surface area (Å²) < 4.78 is 0. The van der Waals surface area contributed by atoms with Crippen molar-refractivity contribution in [3.8, 4) is 0 Å². The van der Waals surface area contributed by atoms with Gasteiger partial charge in [-0.3, -0.25) is 4.79 Å². The molecule has 1 aliphatic carbocycles. The van der Waals surface area contributed by atoms with Gasteiger partial charge in [-0.2, -0.15) is 0 Å². The quantitative estimate of drug-likeness (QED) is 0.837. The zero-order valence-electron chi connectivity index (χ0n) is 8.97. The van der Waals surface area contributed by atoms with Gasteiger partial charge in [-0.05, 0) is 6.92 Å². The summed E-state index contributed by atoms with van der Waals surface area (Å²) >= 11 is 1.30. The average molecular weight is 244 g/mol. The summed E-state index contributed by atoms with van der Waals surface area (Å²) in [7, 11) is 0. The second-order valence-electron chi connectivity index (χ2n) is 3.72. The van der Waals surface area contributed by atoms with Gasteiger partial charge in [0, 0.05) is 11.1 Å². The molecular weight excluding hydrogens is 236 g/mol. The standard InChI is InChI=1S/C12H8N2O2S/c1-6-13-14-12(17-6)9-10(15)7-4-2-3-5-8(7)11(9)16/h2-5,15H,1H3. The summed E-state index contributed by atoms with van der Waals surface area (Å²) in [6.45, 7) is 1.81. The molecule has 1 aromatic carbocycles. The molecule has 1 N–H and O–H groups in total. The molecule has 17 heavy (non-hydrogen) atoms. The Balaban J connectivity index is 2.21. The molecule has 0 unspecified atom stereocenters. The van der Waals surface area contributed by atoms with Crippen LogP contribution in [0.1, 0.15) is 25.9 Å². The number of nitrogens with zero attached hydrogens (tertiary/aromatic N) is 2. The number of benzene rings is 1. The van der Waals surface area contributed by atoms with Gasteiger partial charge in [0.2, 0.25) is 5.78 Å². The summed E-state index contributed by atoms with van der Waals surface area (Å²) in [5, 5.41) is 19.1. The van der Waals surface area contributed by atoms with Gasteiger partial charge in [-0.1, -0.05) is 35.6 Å². The van der Waals surface area contributed by atoms with Crippen LogP contribution in [-0.4, -0.2) is 21.1 Å². The third kappa shape index (κ3) is 1.39. The number of fused-ring (bicyclic) bond motifs is 1. The normalized spacial score (nSPS) is 14.3. The summed E-state index contributed by atoms with van der Waals surface area (Å²) in [4.78, 5) is 12.1. The Morgan fingerprint density at radius 3 is 2.47 bits per heavy atom. The number of aliphatic hydroxyl groups excluding tert-OH is 1. The van der Waals surface area contributed by atoms with Crippen LogP contribution in [0.2, 0.25) is 0 Å². The number of aryl methyl sites for hydroxylation is 1. The molecule has 0 radical (unpaired) electrons. The molecule has 5 heteroatoms. The predicted octanol–water partition coefficient (Wildman–Crippen LogP) is 2.47. The van der Waals surface area contributed by atoms with Crippen molar-refractivity contribution >= 4 is 28.5 Å². The lowest BCUT2D eigenvalue weighted by molar-refractivity contribution is 0.105. The second kappa shape index (κ2) is 3.49. The first-order valence-electron chi connectivity index (χ1n) is 5.06. The van der Waals surface area contributed by atoms with Gasteiger partial charge < -0.3 is 5.11 Å². The van der Waals surface area contributed by atoms with Gasteiger partial charge in [-0.25, -0.2) is 0 Å². The molecular formula is C12H8N2O2S. The summed E-state index contributed by atoms with van der Waals surface area (Å²) in [6.07, 6.45) is 0. The van der Waals surface area contributed by atoms with E-state index in [1.54, 1.807) is 24.3 Å². The lowest BCUT2D eigenvalue weighted by Crippen LogP contribution is -1.97. The van der Waals surface area contributed by atoms with Crippen LogP contribution in [0.4, 0.5) is 0 Å². The van der Waals surface area contributed by atoms with Crippen molar-refractivity contribution in [3.05, 3.63) is 45.4 Å². The third-order valence-electron chi connectivity index (χ3n) is 2.63. The van der Waals surface area contributed by atoms with E-state index in [0.29, 0.717) is 16.1 Å². The van der Waals surface area contributed by atoms with Crippen LogP contribution < -0.4 is 0 Å². The lowest BCUT2D eigenvalue weighted by atomic mass is 10.1. The van der Waals surface area contributed by atoms with E-state index in [1.165, 1.54) is 11.3 Å². The fourth-order valence-corrected chi connectivity index (χ4v) is 2.60. The van der Waals surface area contributed by atoms with E-state index < -0.39 is 0 Å². The molecule has 0 fully saturated rings. The molecule has 0 amide bonds. The van der Waals surface area contributed by atoms with Crippen LogP contribution in [0, 0.1) is 6.92 Å². The molecule has 0 saturated carbocycles. The smallest absolute Gasteiger partial charge is 0.200 e. The number of aromatic nitrogens is 2. The van der Waals surface area contributed by atoms with Crippen molar-refractivity contribution in [2.75, 3.05) is 0 Å². The average Bonchev–Trinajstić information content (AvgIpc) is 2.84. The van der Waals surface area contributed by atoms with Crippen LogP contribution >= 0.6 is 11.3 Å². The van der Waals surface area contributed by atoms with E-state index in [-0.39, 0.29) is 17.1 Å². The largest absolute Gasteiger partial charge is 0.506 e. The number of Topliss-reactive ketones (excluding diaryl/α,β-unsaturated/α-hetero) is 1. The van der Waals surface area contributed by atoms with E-state index in [0.717, 1.165) is 5.01 Å².